The molecule has 1 atom stereocenters. The first-order chi connectivity index (χ1) is 15.0. The fraction of sp³-hybridized carbons (Fsp3) is 0.381. The maximum atomic E-state index is 12.9. The van der Waals surface area contributed by atoms with E-state index in [2.05, 4.69) is 5.32 Å². The summed E-state index contributed by atoms with van der Waals surface area (Å²) in [5.41, 5.74) is 0.133. The number of hydrogen-bond acceptors (Lipinski definition) is 7. The summed E-state index contributed by atoms with van der Waals surface area (Å²) in [4.78, 5) is 12.9. The van der Waals surface area contributed by atoms with Gasteiger partial charge >= 0.3 is 0 Å². The molecule has 0 saturated carbocycles. The number of fused-ring (bicyclic) bond motifs is 1. The summed E-state index contributed by atoms with van der Waals surface area (Å²) in [7, 11) is -2.31. The number of carbonyl (C=O) groups excluding carboxylic acids is 1. The average molecular weight is 448 g/mol. The molecule has 1 saturated heterocycles. The molecule has 1 N–H and O–H groups in total. The first-order valence-electron chi connectivity index (χ1n) is 9.91. The summed E-state index contributed by atoms with van der Waals surface area (Å²) in [5, 5.41) is 2.78. The Morgan fingerprint density at radius 3 is 2.65 bits per heavy atom. The number of nitrogens with one attached hydrogen (secondary N) is 1. The number of rotatable bonds is 6. The minimum atomic E-state index is -3.74. The number of amides is 1. The molecule has 1 fully saturated rings. The maximum Gasteiger partial charge on any atom is 0.255 e. The van der Waals surface area contributed by atoms with Gasteiger partial charge < -0.3 is 24.3 Å². The molecule has 2 aliphatic heterocycles. The fourth-order valence-electron chi connectivity index (χ4n) is 3.43. The maximum absolute atomic E-state index is 12.9. The largest absolute Gasteiger partial charge is 0.496 e. The highest BCUT2D eigenvalue weighted by Crippen LogP contribution is 2.31. The van der Waals surface area contributed by atoms with Gasteiger partial charge in [0, 0.05) is 13.1 Å². The molecule has 10 heteroatoms. The molecule has 0 spiro atoms. The van der Waals surface area contributed by atoms with Crippen molar-refractivity contribution in [1.82, 2.24) is 9.62 Å². The van der Waals surface area contributed by atoms with Gasteiger partial charge in [-0.2, -0.15) is 4.31 Å². The first-order valence-corrected chi connectivity index (χ1v) is 11.4. The van der Waals surface area contributed by atoms with Crippen LogP contribution in [0.15, 0.2) is 47.4 Å². The van der Waals surface area contributed by atoms with Crippen molar-refractivity contribution >= 4 is 15.9 Å². The molecule has 9 nitrogen and oxygen atoms in total. The Morgan fingerprint density at radius 2 is 1.90 bits per heavy atom. The molecule has 2 heterocycles. The number of hydrogen-bond donors (Lipinski definition) is 1. The van der Waals surface area contributed by atoms with Crippen molar-refractivity contribution in [1.29, 1.82) is 0 Å². The molecule has 1 amide bonds. The van der Waals surface area contributed by atoms with Gasteiger partial charge in [-0.05, 0) is 30.3 Å². The molecule has 0 aliphatic carbocycles. The lowest BCUT2D eigenvalue weighted by atomic mass is 10.2. The van der Waals surface area contributed by atoms with Gasteiger partial charge in [-0.25, -0.2) is 8.42 Å². The zero-order chi connectivity index (χ0) is 21.8. The van der Waals surface area contributed by atoms with Crippen molar-refractivity contribution in [3.05, 3.63) is 48.0 Å². The predicted octanol–water partition coefficient (Wildman–Crippen LogP) is 1.29. The van der Waals surface area contributed by atoms with E-state index in [0.717, 1.165) is 0 Å². The lowest BCUT2D eigenvalue weighted by Crippen LogP contribution is -2.41. The van der Waals surface area contributed by atoms with Gasteiger partial charge in [0.15, 0.2) is 11.5 Å². The Hall–Kier alpha value is -2.82. The average Bonchev–Trinajstić information content (AvgIpc) is 2.82. The minimum absolute atomic E-state index is 0.0338. The fourth-order valence-corrected chi connectivity index (χ4v) is 4.86. The van der Waals surface area contributed by atoms with Crippen molar-refractivity contribution in [2.45, 2.75) is 11.0 Å². The van der Waals surface area contributed by atoms with Crippen LogP contribution in [0.5, 0.6) is 17.2 Å². The zero-order valence-electron chi connectivity index (χ0n) is 17.1. The number of para-hydroxylation sites is 2. The minimum Gasteiger partial charge on any atom is -0.496 e. The van der Waals surface area contributed by atoms with E-state index in [-0.39, 0.29) is 41.9 Å². The van der Waals surface area contributed by atoms with Crippen LogP contribution >= 0.6 is 0 Å². The number of carbonyl (C=O) groups is 1. The van der Waals surface area contributed by atoms with Crippen LogP contribution in [-0.2, 0) is 14.8 Å². The third-order valence-electron chi connectivity index (χ3n) is 5.08. The summed E-state index contributed by atoms with van der Waals surface area (Å²) in [6.45, 7) is 1.72. The molecule has 166 valence electrons. The summed E-state index contributed by atoms with van der Waals surface area (Å²) < 4.78 is 49.2. The van der Waals surface area contributed by atoms with Crippen LogP contribution in [0, 0.1) is 0 Å². The zero-order valence-corrected chi connectivity index (χ0v) is 17.9. The monoisotopic (exact) mass is 448 g/mol. The molecule has 2 aromatic carbocycles. The molecule has 4 rings (SSSR count). The molecule has 0 bridgehead atoms. The summed E-state index contributed by atoms with van der Waals surface area (Å²) in [6, 6.07) is 11.6. The van der Waals surface area contributed by atoms with E-state index in [9.17, 15) is 13.2 Å². The van der Waals surface area contributed by atoms with E-state index >= 15 is 0 Å². The number of nitrogens with zero attached hydrogens (tertiary/aromatic N) is 1. The molecule has 0 radical (unpaired) electrons. The van der Waals surface area contributed by atoms with Crippen molar-refractivity contribution in [2.24, 2.45) is 0 Å². The normalized spacial score (nSPS) is 18.9. The Labute approximate surface area is 180 Å². The number of ether oxygens (including phenoxy) is 4. The number of morpholine rings is 1. The van der Waals surface area contributed by atoms with Gasteiger partial charge in [0.2, 0.25) is 10.0 Å². The summed E-state index contributed by atoms with van der Waals surface area (Å²) in [5.74, 6) is 1.10. The lowest BCUT2D eigenvalue weighted by molar-refractivity contribution is 0.0730. The quantitative estimate of drug-likeness (QED) is 0.710. The highest BCUT2D eigenvalue weighted by Gasteiger charge is 2.28. The van der Waals surface area contributed by atoms with Gasteiger partial charge in [-0.1, -0.05) is 12.1 Å². The second kappa shape index (κ2) is 9.13. The van der Waals surface area contributed by atoms with E-state index in [0.29, 0.717) is 31.3 Å². The second-order valence-corrected chi connectivity index (χ2v) is 9.02. The van der Waals surface area contributed by atoms with E-state index < -0.39 is 15.9 Å². The van der Waals surface area contributed by atoms with Crippen LogP contribution in [0.25, 0.3) is 0 Å². The van der Waals surface area contributed by atoms with Gasteiger partial charge in [0.05, 0.1) is 37.3 Å². The lowest BCUT2D eigenvalue weighted by Gasteiger charge is -2.27. The Balaban J connectivity index is 1.48. The molecule has 2 aromatic rings. The van der Waals surface area contributed by atoms with E-state index in [1.165, 1.54) is 29.6 Å². The number of benzene rings is 2. The van der Waals surface area contributed by atoms with Crippen molar-refractivity contribution in [3.8, 4) is 17.2 Å². The number of sulfonamides is 1. The molecule has 1 unspecified atom stereocenters. The van der Waals surface area contributed by atoms with Crippen LogP contribution in [0.4, 0.5) is 0 Å². The van der Waals surface area contributed by atoms with Crippen LogP contribution in [0.2, 0.25) is 0 Å². The van der Waals surface area contributed by atoms with E-state index in [4.69, 9.17) is 18.9 Å². The standard InChI is InChI=1S/C21H24N2O7S/c1-27-18-7-6-16(31(25,26)23-8-10-28-11-9-23)12-17(18)21(24)22-13-15-14-29-19-4-2-3-5-20(19)30-15/h2-7,12,15H,8-11,13-14H2,1H3,(H,22,24). The van der Waals surface area contributed by atoms with Gasteiger partial charge in [-0.15, -0.1) is 0 Å². The van der Waals surface area contributed by atoms with Crippen molar-refractivity contribution in [3.63, 3.8) is 0 Å². The smallest absolute Gasteiger partial charge is 0.255 e. The summed E-state index contributed by atoms with van der Waals surface area (Å²) >= 11 is 0. The van der Waals surface area contributed by atoms with Crippen LogP contribution in [0.1, 0.15) is 10.4 Å². The molecule has 31 heavy (non-hydrogen) atoms. The first kappa shape index (κ1) is 21.4. The second-order valence-electron chi connectivity index (χ2n) is 7.09. The van der Waals surface area contributed by atoms with Crippen molar-refractivity contribution < 1.29 is 32.2 Å². The van der Waals surface area contributed by atoms with Gasteiger partial charge in [0.1, 0.15) is 18.5 Å². The van der Waals surface area contributed by atoms with E-state index in [1.54, 1.807) is 6.07 Å². The van der Waals surface area contributed by atoms with Crippen LogP contribution in [0.3, 0.4) is 0 Å². The van der Waals surface area contributed by atoms with Crippen LogP contribution < -0.4 is 19.5 Å². The van der Waals surface area contributed by atoms with Crippen LogP contribution in [-0.4, -0.2) is 71.3 Å². The predicted molar refractivity (Wildman–Crippen MR) is 111 cm³/mol. The Bertz CT molecular complexity index is 1050. The van der Waals surface area contributed by atoms with Gasteiger partial charge in [0.25, 0.3) is 5.91 Å². The number of methoxy groups -OCH3 is 1. The highest BCUT2D eigenvalue weighted by molar-refractivity contribution is 7.89. The highest BCUT2D eigenvalue weighted by atomic mass is 32.2. The third kappa shape index (κ3) is 4.60. The SMILES string of the molecule is COc1ccc(S(=O)(=O)N2CCOCC2)cc1C(=O)NCC1COc2ccccc2O1. The molecule has 2 aliphatic rings. The third-order valence-corrected chi connectivity index (χ3v) is 6.98. The molecule has 0 aromatic heterocycles. The Morgan fingerprint density at radius 1 is 1.16 bits per heavy atom. The molecular weight excluding hydrogens is 424 g/mol. The van der Waals surface area contributed by atoms with E-state index in [1.807, 2.05) is 18.2 Å². The van der Waals surface area contributed by atoms with Crippen molar-refractivity contribution in [2.75, 3.05) is 46.6 Å². The molecular formula is C21H24N2O7S. The topological polar surface area (TPSA) is 103 Å². The Kier molecular flexibility index (Phi) is 6.30. The summed E-state index contributed by atoms with van der Waals surface area (Å²) in [6.07, 6.45) is -0.370. The van der Waals surface area contributed by atoms with Gasteiger partial charge in [-0.3, -0.25) is 4.79 Å².